The number of nitrogens with zero attached hydrogens (tertiary/aromatic N) is 4. The minimum Gasteiger partial charge on any atom is -0.368 e. The molecule has 0 aliphatic heterocycles. The van der Waals surface area contributed by atoms with Crippen LogP contribution < -0.4 is 5.32 Å². The van der Waals surface area contributed by atoms with Gasteiger partial charge < -0.3 is 10.3 Å². The summed E-state index contributed by atoms with van der Waals surface area (Å²) in [6.07, 6.45) is 6.35. The molecule has 0 saturated heterocycles. The van der Waals surface area contributed by atoms with Crippen LogP contribution in [0, 0.1) is 0 Å². The molecule has 0 radical (unpaired) electrons. The van der Waals surface area contributed by atoms with Crippen LogP contribution in [0.3, 0.4) is 0 Å². The topological polar surface area (TPSA) is 71.4 Å². The van der Waals surface area contributed by atoms with Crippen molar-refractivity contribution in [3.05, 3.63) is 79.0 Å². The molecule has 2 aromatic carbocycles. The first-order valence-corrected chi connectivity index (χ1v) is 8.92. The third kappa shape index (κ3) is 2.81. The molecule has 6 nitrogen and oxygen atoms in total. The molecule has 0 atom stereocenters. The van der Waals surface area contributed by atoms with Gasteiger partial charge in [-0.15, -0.1) is 0 Å². The van der Waals surface area contributed by atoms with Gasteiger partial charge in [0.1, 0.15) is 12.7 Å². The summed E-state index contributed by atoms with van der Waals surface area (Å²) in [6.45, 7) is 0.770. The molecule has 2 N–H and O–H groups in total. The third-order valence-electron chi connectivity index (χ3n) is 4.73. The van der Waals surface area contributed by atoms with E-state index < -0.39 is 0 Å². The van der Waals surface area contributed by atoms with Crippen molar-refractivity contribution in [1.29, 1.82) is 0 Å². The lowest BCUT2D eigenvalue weighted by molar-refractivity contribution is 1.01. The maximum atomic E-state index is 4.53. The van der Waals surface area contributed by atoms with E-state index in [2.05, 4.69) is 49.6 Å². The van der Waals surface area contributed by atoms with Crippen molar-refractivity contribution >= 4 is 27.9 Å². The minimum atomic E-state index is 0.759. The molecule has 3 aromatic heterocycles. The smallest absolute Gasteiger partial charge is 0.170 e. The molecule has 0 unspecified atom stereocenters. The van der Waals surface area contributed by atoms with Gasteiger partial charge in [-0.25, -0.2) is 15.0 Å². The first-order chi connectivity index (χ1) is 13.4. The van der Waals surface area contributed by atoms with Gasteiger partial charge in [0.15, 0.2) is 17.0 Å². The Morgan fingerprint density at radius 1 is 0.926 bits per heavy atom. The van der Waals surface area contributed by atoms with E-state index in [0.717, 1.165) is 35.6 Å². The zero-order valence-electron chi connectivity index (χ0n) is 14.6. The number of anilines is 1. The number of rotatable bonds is 5. The second-order valence-electron chi connectivity index (χ2n) is 6.38. The standard InChI is InChI=1S/C21H18N6/c1-2-6-16(7-3-1)27-14-26-19-20(24-13-25-21(19)27)22-11-10-15-12-23-18-9-5-4-8-17(15)18/h1-9,12-14,23H,10-11H2,(H,22,24,25). The Balaban J connectivity index is 1.39. The summed E-state index contributed by atoms with van der Waals surface area (Å²) in [5.41, 5.74) is 5.06. The highest BCUT2D eigenvalue weighted by atomic mass is 15.1. The van der Waals surface area contributed by atoms with Gasteiger partial charge in [0.05, 0.1) is 0 Å². The fraction of sp³-hybridized carbons (Fsp3) is 0.0952. The summed E-state index contributed by atoms with van der Waals surface area (Å²) in [5, 5.41) is 4.68. The predicted octanol–water partition coefficient (Wildman–Crippen LogP) is 3.95. The molecule has 0 aliphatic rings. The number of H-pyrrole nitrogens is 1. The molecule has 0 bridgehead atoms. The summed E-state index contributed by atoms with van der Waals surface area (Å²) in [5.74, 6) is 0.759. The molecule has 0 fully saturated rings. The Hall–Kier alpha value is -3.67. The van der Waals surface area contributed by atoms with E-state index in [1.54, 1.807) is 12.7 Å². The van der Waals surface area contributed by atoms with E-state index >= 15 is 0 Å². The zero-order valence-corrected chi connectivity index (χ0v) is 14.6. The number of imidazole rings is 1. The summed E-state index contributed by atoms with van der Waals surface area (Å²) in [6, 6.07) is 18.4. The molecule has 5 rings (SSSR count). The number of benzene rings is 2. The van der Waals surface area contributed by atoms with E-state index in [-0.39, 0.29) is 0 Å². The minimum absolute atomic E-state index is 0.759. The van der Waals surface area contributed by atoms with Gasteiger partial charge >= 0.3 is 0 Å². The first-order valence-electron chi connectivity index (χ1n) is 8.92. The molecule has 0 amide bonds. The molecule has 132 valence electrons. The molecule has 0 aliphatic carbocycles. The molecule has 27 heavy (non-hydrogen) atoms. The lowest BCUT2D eigenvalue weighted by Crippen LogP contribution is -2.07. The average molecular weight is 354 g/mol. The Bertz CT molecular complexity index is 1210. The van der Waals surface area contributed by atoms with Crippen LogP contribution in [-0.4, -0.2) is 31.0 Å². The quantitative estimate of drug-likeness (QED) is 0.501. The van der Waals surface area contributed by atoms with Crippen molar-refractivity contribution in [2.75, 3.05) is 11.9 Å². The maximum absolute atomic E-state index is 4.53. The van der Waals surface area contributed by atoms with Gasteiger partial charge in [-0.3, -0.25) is 4.57 Å². The van der Waals surface area contributed by atoms with E-state index in [1.807, 2.05) is 41.0 Å². The Kier molecular flexibility index (Phi) is 3.79. The van der Waals surface area contributed by atoms with Crippen LogP contribution in [-0.2, 0) is 6.42 Å². The lowest BCUT2D eigenvalue weighted by atomic mass is 10.1. The van der Waals surface area contributed by atoms with Gasteiger partial charge in [-0.05, 0) is 30.2 Å². The summed E-state index contributed by atoms with van der Waals surface area (Å²) in [4.78, 5) is 16.7. The monoisotopic (exact) mass is 354 g/mol. The van der Waals surface area contributed by atoms with Gasteiger partial charge in [-0.1, -0.05) is 36.4 Å². The molecule has 0 spiro atoms. The van der Waals surface area contributed by atoms with Gasteiger partial charge in [0.25, 0.3) is 0 Å². The van der Waals surface area contributed by atoms with Crippen molar-refractivity contribution in [2.45, 2.75) is 6.42 Å². The van der Waals surface area contributed by atoms with Crippen LogP contribution in [0.2, 0.25) is 0 Å². The molecular weight excluding hydrogens is 336 g/mol. The highest BCUT2D eigenvalue weighted by Crippen LogP contribution is 2.22. The number of fused-ring (bicyclic) bond motifs is 2. The fourth-order valence-corrected chi connectivity index (χ4v) is 3.40. The van der Waals surface area contributed by atoms with Crippen molar-refractivity contribution in [3.8, 4) is 5.69 Å². The Morgan fingerprint density at radius 3 is 2.70 bits per heavy atom. The SMILES string of the molecule is c1ccc(-n2cnc3c(NCCc4c[nH]c5ccccc45)ncnc32)cc1. The second-order valence-corrected chi connectivity index (χ2v) is 6.38. The maximum Gasteiger partial charge on any atom is 0.170 e. The third-order valence-corrected chi connectivity index (χ3v) is 4.73. The van der Waals surface area contributed by atoms with Crippen LogP contribution in [0.5, 0.6) is 0 Å². The number of hydrogen-bond donors (Lipinski definition) is 2. The van der Waals surface area contributed by atoms with Crippen molar-refractivity contribution in [3.63, 3.8) is 0 Å². The van der Waals surface area contributed by atoms with Crippen molar-refractivity contribution < 1.29 is 0 Å². The number of para-hydroxylation sites is 2. The van der Waals surface area contributed by atoms with Crippen LogP contribution in [0.25, 0.3) is 27.8 Å². The largest absolute Gasteiger partial charge is 0.368 e. The van der Waals surface area contributed by atoms with E-state index in [4.69, 9.17) is 0 Å². The van der Waals surface area contributed by atoms with Crippen molar-refractivity contribution in [2.24, 2.45) is 0 Å². The number of aromatic nitrogens is 5. The van der Waals surface area contributed by atoms with Crippen LogP contribution >= 0.6 is 0 Å². The van der Waals surface area contributed by atoms with E-state index in [0.29, 0.717) is 0 Å². The van der Waals surface area contributed by atoms with Crippen LogP contribution in [0.15, 0.2) is 73.4 Å². The fourth-order valence-electron chi connectivity index (χ4n) is 3.40. The Labute approximate surface area is 155 Å². The first kappa shape index (κ1) is 15.6. The van der Waals surface area contributed by atoms with E-state index in [9.17, 15) is 0 Å². The number of aromatic amines is 1. The molecule has 3 heterocycles. The zero-order chi connectivity index (χ0) is 18.1. The molecule has 0 saturated carbocycles. The highest BCUT2D eigenvalue weighted by molar-refractivity contribution is 5.84. The van der Waals surface area contributed by atoms with Gasteiger partial charge in [0.2, 0.25) is 0 Å². The van der Waals surface area contributed by atoms with Crippen LogP contribution in [0.4, 0.5) is 5.82 Å². The molecular formula is C21H18N6. The summed E-state index contributed by atoms with van der Waals surface area (Å²) < 4.78 is 1.97. The highest BCUT2D eigenvalue weighted by Gasteiger charge is 2.11. The average Bonchev–Trinajstić information content (AvgIpc) is 3.34. The molecule has 6 heteroatoms. The predicted molar refractivity (Wildman–Crippen MR) is 107 cm³/mol. The summed E-state index contributed by atoms with van der Waals surface area (Å²) in [7, 11) is 0. The normalized spacial score (nSPS) is 11.3. The van der Waals surface area contributed by atoms with Gasteiger partial charge in [0, 0.05) is 29.3 Å². The number of hydrogen-bond acceptors (Lipinski definition) is 4. The van der Waals surface area contributed by atoms with E-state index in [1.165, 1.54) is 16.5 Å². The summed E-state index contributed by atoms with van der Waals surface area (Å²) >= 11 is 0. The lowest BCUT2D eigenvalue weighted by Gasteiger charge is -2.06. The van der Waals surface area contributed by atoms with Crippen molar-refractivity contribution in [1.82, 2.24) is 24.5 Å². The Morgan fingerprint density at radius 2 is 1.78 bits per heavy atom. The molecule has 5 aromatic rings. The van der Waals surface area contributed by atoms with Crippen LogP contribution in [0.1, 0.15) is 5.56 Å². The second kappa shape index (κ2) is 6.57. The number of nitrogens with one attached hydrogen (secondary N) is 2. The van der Waals surface area contributed by atoms with Gasteiger partial charge in [-0.2, -0.15) is 0 Å².